The third-order valence-corrected chi connectivity index (χ3v) is 5.28. The quantitative estimate of drug-likeness (QED) is 0.414. The molecule has 0 atom stereocenters. The van der Waals surface area contributed by atoms with Gasteiger partial charge in [-0.15, -0.1) is 0 Å². The summed E-state index contributed by atoms with van der Waals surface area (Å²) in [6.07, 6.45) is 3.30. The lowest BCUT2D eigenvalue weighted by atomic mass is 9.79. The molecule has 164 valence electrons. The molecule has 0 saturated heterocycles. The van der Waals surface area contributed by atoms with Gasteiger partial charge in [-0.1, -0.05) is 31.4 Å². The molecule has 5 nitrogen and oxygen atoms in total. The van der Waals surface area contributed by atoms with Crippen LogP contribution in [-0.2, 0) is 6.18 Å². The van der Waals surface area contributed by atoms with Crippen LogP contribution in [0.4, 0.5) is 18.9 Å². The fraction of sp³-hybridized carbons (Fsp3) is 0.455. The van der Waals surface area contributed by atoms with Gasteiger partial charge in [-0.3, -0.25) is 15.4 Å². The van der Waals surface area contributed by atoms with Crippen molar-refractivity contribution in [2.75, 3.05) is 5.73 Å². The summed E-state index contributed by atoms with van der Waals surface area (Å²) >= 11 is 0. The lowest BCUT2D eigenvalue weighted by molar-refractivity contribution is -0.137. The molecule has 3 rings (SSSR count). The maximum atomic E-state index is 12.6. The zero-order valence-corrected chi connectivity index (χ0v) is 17.3. The van der Waals surface area contributed by atoms with Crippen molar-refractivity contribution in [3.8, 4) is 0 Å². The van der Waals surface area contributed by atoms with Crippen LogP contribution in [-0.4, -0.2) is 21.1 Å². The molecular weight excluding hydrogens is 393 g/mol. The van der Waals surface area contributed by atoms with Crippen LogP contribution in [0.25, 0.3) is 0 Å². The maximum absolute atomic E-state index is 12.6. The number of halogens is 3. The van der Waals surface area contributed by atoms with Gasteiger partial charge < -0.3 is 10.8 Å². The van der Waals surface area contributed by atoms with Crippen LogP contribution in [0.2, 0.25) is 0 Å². The molecule has 0 aliphatic heterocycles. The van der Waals surface area contributed by atoms with Crippen LogP contribution in [0.3, 0.4) is 0 Å². The predicted octanol–water partition coefficient (Wildman–Crippen LogP) is 4.78. The van der Waals surface area contributed by atoms with Crippen molar-refractivity contribution in [2.45, 2.75) is 57.7 Å². The molecule has 1 fully saturated rings. The summed E-state index contributed by atoms with van der Waals surface area (Å²) < 4.78 is 39.0. The second-order valence-corrected chi connectivity index (χ2v) is 8.13. The molecule has 2 aromatic rings. The Morgan fingerprint density at radius 3 is 2.27 bits per heavy atom. The number of aliphatic hydroxyl groups is 1. The highest BCUT2D eigenvalue weighted by Gasteiger charge is 2.30. The minimum Gasteiger partial charge on any atom is -0.398 e. The molecule has 1 aliphatic rings. The van der Waals surface area contributed by atoms with E-state index in [4.69, 9.17) is 16.6 Å². The van der Waals surface area contributed by atoms with E-state index in [9.17, 15) is 18.3 Å². The lowest BCUT2D eigenvalue weighted by Crippen LogP contribution is -2.32. The van der Waals surface area contributed by atoms with Crippen molar-refractivity contribution in [1.29, 1.82) is 10.8 Å². The molecule has 1 aromatic carbocycles. The van der Waals surface area contributed by atoms with Crippen LogP contribution in [0.1, 0.15) is 57.1 Å². The Bertz CT molecular complexity index is 923. The first-order valence-corrected chi connectivity index (χ1v) is 9.91. The van der Waals surface area contributed by atoms with Gasteiger partial charge in [-0.05, 0) is 56.9 Å². The Morgan fingerprint density at radius 1 is 1.10 bits per heavy atom. The minimum absolute atomic E-state index is 0.0402. The summed E-state index contributed by atoms with van der Waals surface area (Å²) in [4.78, 5) is 0. The van der Waals surface area contributed by atoms with E-state index in [-0.39, 0.29) is 16.9 Å². The fourth-order valence-electron chi connectivity index (χ4n) is 3.49. The van der Waals surface area contributed by atoms with E-state index in [1.54, 1.807) is 0 Å². The zero-order chi connectivity index (χ0) is 22.5. The second kappa shape index (κ2) is 9.47. The fourth-order valence-corrected chi connectivity index (χ4v) is 3.49. The van der Waals surface area contributed by atoms with Gasteiger partial charge in [0.05, 0.1) is 11.2 Å². The van der Waals surface area contributed by atoms with E-state index in [1.165, 1.54) is 62.6 Å². The van der Waals surface area contributed by atoms with Gasteiger partial charge >= 0.3 is 6.18 Å². The third-order valence-electron chi connectivity index (χ3n) is 5.28. The van der Waals surface area contributed by atoms with Crippen LogP contribution in [0.15, 0.2) is 42.6 Å². The molecule has 0 radical (unpaired) electrons. The lowest BCUT2D eigenvalue weighted by Gasteiger charge is -2.32. The number of pyridine rings is 1. The summed E-state index contributed by atoms with van der Waals surface area (Å²) in [5, 5.41) is 25.2. The van der Waals surface area contributed by atoms with Gasteiger partial charge in [0.15, 0.2) is 0 Å². The molecule has 0 unspecified atom stereocenters. The van der Waals surface area contributed by atoms with Crippen molar-refractivity contribution in [3.63, 3.8) is 0 Å². The van der Waals surface area contributed by atoms with Crippen molar-refractivity contribution >= 4 is 11.5 Å². The zero-order valence-electron chi connectivity index (χ0n) is 17.3. The highest BCUT2D eigenvalue weighted by Crippen LogP contribution is 2.32. The van der Waals surface area contributed by atoms with E-state index in [0.717, 1.165) is 16.7 Å². The van der Waals surface area contributed by atoms with E-state index in [2.05, 4.69) is 0 Å². The van der Waals surface area contributed by atoms with Gasteiger partial charge in [0.25, 0.3) is 0 Å². The maximum Gasteiger partial charge on any atom is 0.416 e. The van der Waals surface area contributed by atoms with E-state index in [1.807, 2.05) is 13.8 Å². The Kier molecular flexibility index (Phi) is 7.47. The van der Waals surface area contributed by atoms with Crippen LogP contribution in [0.5, 0.6) is 0 Å². The average Bonchev–Trinajstić information content (AvgIpc) is 2.69. The Balaban J connectivity index is 0.000000269. The number of nitrogens with zero attached hydrogens (tertiary/aromatic N) is 1. The Morgan fingerprint density at radius 2 is 1.73 bits per heavy atom. The molecule has 1 saturated carbocycles. The van der Waals surface area contributed by atoms with E-state index in [0.29, 0.717) is 11.6 Å². The number of nitrogens with two attached hydrogens (primary N) is 1. The van der Waals surface area contributed by atoms with Gasteiger partial charge in [0, 0.05) is 17.4 Å². The first-order chi connectivity index (χ1) is 13.9. The monoisotopic (exact) mass is 422 g/mol. The molecule has 8 heteroatoms. The molecule has 30 heavy (non-hydrogen) atoms. The van der Waals surface area contributed by atoms with Crippen molar-refractivity contribution in [2.24, 2.45) is 5.92 Å². The number of alkyl halides is 3. The van der Waals surface area contributed by atoms with E-state index < -0.39 is 17.3 Å². The highest BCUT2D eigenvalue weighted by atomic mass is 19.4. The molecule has 1 aromatic heterocycles. The van der Waals surface area contributed by atoms with Crippen LogP contribution in [0, 0.1) is 16.7 Å². The molecule has 0 bridgehead atoms. The number of nitrogens with one attached hydrogen (secondary N) is 2. The number of nitrogen functional groups attached to an aromatic ring is 1. The summed E-state index contributed by atoms with van der Waals surface area (Å²) in [5.74, 6) is 0.314. The topological polar surface area (TPSA) is 98.9 Å². The molecule has 5 N–H and O–H groups in total. The smallest absolute Gasteiger partial charge is 0.398 e. The van der Waals surface area contributed by atoms with E-state index >= 15 is 0 Å². The largest absolute Gasteiger partial charge is 0.416 e. The van der Waals surface area contributed by atoms with Gasteiger partial charge in [0.2, 0.25) is 0 Å². The number of hydrogen-bond acceptors (Lipinski definition) is 4. The number of hydrogen-bond donors (Lipinski definition) is 4. The number of rotatable bonds is 2. The molecular formula is C22H29F3N4O. The van der Waals surface area contributed by atoms with Crippen molar-refractivity contribution in [1.82, 2.24) is 4.57 Å². The molecule has 1 aliphatic carbocycles. The Labute approximate surface area is 174 Å². The SMILES string of the molecule is CC(C)(O)C1CCCCC1.N=C(c1cccc(C(F)(F)F)c1)n1cc(N)ccc1=N. The standard InChI is InChI=1S/C13H11F3N4.C9H18O/c14-13(15,16)9-3-1-2-8(6-9)12(19)20-7-10(17)4-5-11(20)18;1-9(2,10)8-6-4-3-5-7-8/h1-7,18-19H,17H2;8,10H,3-7H2,1-2H3. The summed E-state index contributed by atoms with van der Waals surface area (Å²) in [7, 11) is 0. The third kappa shape index (κ3) is 6.45. The van der Waals surface area contributed by atoms with Crippen LogP contribution >= 0.6 is 0 Å². The number of benzene rings is 1. The average molecular weight is 422 g/mol. The molecule has 0 amide bonds. The minimum atomic E-state index is -4.47. The first-order valence-electron chi connectivity index (χ1n) is 9.91. The number of aromatic nitrogens is 1. The summed E-state index contributed by atoms with van der Waals surface area (Å²) in [5.41, 5.74) is 4.63. The normalized spacial score (nSPS) is 15.3. The van der Waals surface area contributed by atoms with Gasteiger partial charge in [0.1, 0.15) is 11.3 Å². The summed E-state index contributed by atoms with van der Waals surface area (Å²) in [6, 6.07) is 7.27. The molecule has 0 spiro atoms. The predicted molar refractivity (Wildman–Crippen MR) is 111 cm³/mol. The summed E-state index contributed by atoms with van der Waals surface area (Å²) in [6.45, 7) is 3.87. The van der Waals surface area contributed by atoms with Gasteiger partial charge in [-0.25, -0.2) is 0 Å². The second-order valence-electron chi connectivity index (χ2n) is 8.13. The first kappa shape index (κ1) is 23.7. The highest BCUT2D eigenvalue weighted by molar-refractivity contribution is 5.98. The van der Waals surface area contributed by atoms with Crippen molar-refractivity contribution in [3.05, 3.63) is 59.2 Å². The van der Waals surface area contributed by atoms with Crippen molar-refractivity contribution < 1.29 is 18.3 Å². The number of anilines is 1. The van der Waals surface area contributed by atoms with Gasteiger partial charge in [-0.2, -0.15) is 13.2 Å². The van der Waals surface area contributed by atoms with Crippen LogP contribution < -0.4 is 11.2 Å². The molecule has 1 heterocycles. The Hall–Kier alpha value is -2.61.